The van der Waals surface area contributed by atoms with Gasteiger partial charge < -0.3 is 10.1 Å². The highest BCUT2D eigenvalue weighted by atomic mass is 35.5. The molecule has 0 aromatic heterocycles. The molecule has 0 bridgehead atoms. The Morgan fingerprint density at radius 1 is 1.13 bits per heavy atom. The number of carbonyl (C=O) groups excluding carboxylic acids is 1. The van der Waals surface area contributed by atoms with Gasteiger partial charge in [0.1, 0.15) is 5.60 Å². The SMILES string of the molecule is CC(C)(CNS(=O)(=O)c1ccc(Cl)cc1)NC(=O)OC(C)(C)C. The molecule has 8 heteroatoms. The predicted molar refractivity (Wildman–Crippen MR) is 90.1 cm³/mol. The number of halogens is 1. The van der Waals surface area contributed by atoms with Gasteiger partial charge in [0.05, 0.1) is 10.4 Å². The Balaban J connectivity index is 2.68. The highest BCUT2D eigenvalue weighted by molar-refractivity contribution is 7.89. The number of sulfonamides is 1. The van der Waals surface area contributed by atoms with Crippen LogP contribution in [0.15, 0.2) is 29.2 Å². The van der Waals surface area contributed by atoms with Gasteiger partial charge in [-0.1, -0.05) is 11.6 Å². The van der Waals surface area contributed by atoms with Crippen molar-refractivity contribution < 1.29 is 17.9 Å². The lowest BCUT2D eigenvalue weighted by Gasteiger charge is -2.28. The average molecular weight is 363 g/mol. The number of alkyl carbamates (subject to hydrolysis) is 1. The van der Waals surface area contributed by atoms with E-state index >= 15 is 0 Å². The standard InChI is InChI=1S/C15H23ClN2O4S/c1-14(2,3)22-13(19)18-15(4,5)10-17-23(20,21)12-8-6-11(16)7-9-12/h6-9,17H,10H2,1-5H3,(H,18,19). The molecule has 130 valence electrons. The van der Waals surface area contributed by atoms with Crippen LogP contribution in [0.1, 0.15) is 34.6 Å². The van der Waals surface area contributed by atoms with Crippen molar-refractivity contribution >= 4 is 27.7 Å². The van der Waals surface area contributed by atoms with Crippen molar-refractivity contribution in [3.63, 3.8) is 0 Å². The molecule has 1 aromatic rings. The zero-order valence-electron chi connectivity index (χ0n) is 13.9. The minimum absolute atomic E-state index is 0.0111. The van der Waals surface area contributed by atoms with E-state index in [2.05, 4.69) is 10.0 Å². The van der Waals surface area contributed by atoms with Gasteiger partial charge in [-0.15, -0.1) is 0 Å². The second-order valence-electron chi connectivity index (χ2n) is 6.79. The third-order valence-electron chi connectivity index (χ3n) is 2.67. The summed E-state index contributed by atoms with van der Waals surface area (Å²) in [6.07, 6.45) is -0.604. The van der Waals surface area contributed by atoms with E-state index in [-0.39, 0.29) is 11.4 Å². The average Bonchev–Trinajstić information content (AvgIpc) is 2.34. The summed E-state index contributed by atoms with van der Waals surface area (Å²) in [4.78, 5) is 11.9. The van der Waals surface area contributed by atoms with Crippen molar-refractivity contribution in [2.75, 3.05) is 6.54 Å². The van der Waals surface area contributed by atoms with E-state index in [1.807, 2.05) is 0 Å². The maximum atomic E-state index is 12.2. The topological polar surface area (TPSA) is 84.5 Å². The zero-order valence-corrected chi connectivity index (χ0v) is 15.5. The third kappa shape index (κ3) is 7.20. The molecule has 6 nitrogen and oxygen atoms in total. The number of benzene rings is 1. The van der Waals surface area contributed by atoms with Gasteiger partial charge in [-0.2, -0.15) is 0 Å². The zero-order chi connectivity index (χ0) is 17.9. The lowest BCUT2D eigenvalue weighted by molar-refractivity contribution is 0.0474. The van der Waals surface area contributed by atoms with Crippen molar-refractivity contribution in [3.05, 3.63) is 29.3 Å². The Morgan fingerprint density at radius 2 is 1.65 bits per heavy atom. The Morgan fingerprint density at radius 3 is 2.13 bits per heavy atom. The Hall–Kier alpha value is -1.31. The molecule has 0 saturated heterocycles. The summed E-state index contributed by atoms with van der Waals surface area (Å²) in [5.41, 5.74) is -1.44. The summed E-state index contributed by atoms with van der Waals surface area (Å²) < 4.78 is 32.0. The van der Waals surface area contributed by atoms with Crippen LogP contribution in [0.3, 0.4) is 0 Å². The van der Waals surface area contributed by atoms with Crippen LogP contribution in [-0.2, 0) is 14.8 Å². The molecule has 1 rings (SSSR count). The fourth-order valence-corrected chi connectivity index (χ4v) is 2.93. The molecule has 0 radical (unpaired) electrons. The maximum Gasteiger partial charge on any atom is 0.408 e. The van der Waals surface area contributed by atoms with Crippen LogP contribution in [0, 0.1) is 0 Å². The summed E-state index contributed by atoms with van der Waals surface area (Å²) in [6.45, 7) is 8.66. The third-order valence-corrected chi connectivity index (χ3v) is 4.34. The molecule has 1 aromatic carbocycles. The summed E-state index contributed by atoms with van der Waals surface area (Å²) in [7, 11) is -3.68. The van der Waals surface area contributed by atoms with Crippen LogP contribution in [0.4, 0.5) is 4.79 Å². The van der Waals surface area contributed by atoms with Crippen LogP contribution in [0.2, 0.25) is 5.02 Å². The van der Waals surface area contributed by atoms with Crippen LogP contribution in [0.25, 0.3) is 0 Å². The molecule has 0 aliphatic carbocycles. The molecule has 0 atom stereocenters. The molecule has 23 heavy (non-hydrogen) atoms. The molecular formula is C15H23ClN2O4S. The van der Waals surface area contributed by atoms with Crippen molar-refractivity contribution in [1.82, 2.24) is 10.0 Å². The minimum atomic E-state index is -3.68. The molecule has 0 heterocycles. The second-order valence-corrected chi connectivity index (χ2v) is 8.99. The largest absolute Gasteiger partial charge is 0.444 e. The first kappa shape index (κ1) is 19.7. The van der Waals surface area contributed by atoms with E-state index in [9.17, 15) is 13.2 Å². The Labute approximate surface area is 142 Å². The van der Waals surface area contributed by atoms with Gasteiger partial charge in [0, 0.05) is 11.6 Å². The Bertz CT molecular complexity index is 649. The van der Waals surface area contributed by atoms with Crippen LogP contribution < -0.4 is 10.0 Å². The van der Waals surface area contributed by atoms with Crippen LogP contribution in [0.5, 0.6) is 0 Å². The fraction of sp³-hybridized carbons (Fsp3) is 0.533. The first-order chi connectivity index (χ1) is 10.3. The number of carbonyl (C=O) groups is 1. The van der Waals surface area contributed by atoms with Crippen molar-refractivity contribution in [1.29, 1.82) is 0 Å². The molecule has 0 unspecified atom stereocenters. The van der Waals surface area contributed by atoms with E-state index in [4.69, 9.17) is 16.3 Å². The van der Waals surface area contributed by atoms with E-state index < -0.39 is 27.3 Å². The smallest absolute Gasteiger partial charge is 0.408 e. The first-order valence-corrected chi connectivity index (χ1v) is 8.93. The van der Waals surface area contributed by atoms with Crippen LogP contribution >= 0.6 is 11.6 Å². The quantitative estimate of drug-likeness (QED) is 0.843. The monoisotopic (exact) mass is 362 g/mol. The normalized spacial score (nSPS) is 12.8. The first-order valence-electron chi connectivity index (χ1n) is 7.07. The lowest BCUT2D eigenvalue weighted by Crippen LogP contribution is -2.52. The maximum absolute atomic E-state index is 12.2. The number of ether oxygens (including phenoxy) is 1. The summed E-state index contributed by atoms with van der Waals surface area (Å²) in [5.74, 6) is 0. The van der Waals surface area contributed by atoms with Gasteiger partial charge >= 0.3 is 6.09 Å². The molecule has 0 fully saturated rings. The number of hydrogen-bond acceptors (Lipinski definition) is 4. The number of rotatable bonds is 5. The highest BCUT2D eigenvalue weighted by Crippen LogP contribution is 2.15. The van der Waals surface area contributed by atoms with Gasteiger partial charge in [-0.05, 0) is 58.9 Å². The van der Waals surface area contributed by atoms with E-state index in [0.29, 0.717) is 5.02 Å². The highest BCUT2D eigenvalue weighted by Gasteiger charge is 2.26. The van der Waals surface area contributed by atoms with E-state index in [1.165, 1.54) is 24.3 Å². The second kappa shape index (κ2) is 7.07. The molecule has 0 aliphatic heterocycles. The van der Waals surface area contributed by atoms with Crippen molar-refractivity contribution in [2.45, 2.75) is 50.7 Å². The predicted octanol–water partition coefficient (Wildman–Crippen LogP) is 2.92. The molecular weight excluding hydrogens is 340 g/mol. The van der Waals surface area contributed by atoms with E-state index in [1.54, 1.807) is 34.6 Å². The summed E-state index contributed by atoms with van der Waals surface area (Å²) in [6, 6.07) is 5.83. The summed E-state index contributed by atoms with van der Waals surface area (Å²) >= 11 is 5.74. The molecule has 2 N–H and O–H groups in total. The van der Waals surface area contributed by atoms with Gasteiger partial charge in [0.25, 0.3) is 0 Å². The van der Waals surface area contributed by atoms with Crippen molar-refractivity contribution in [2.24, 2.45) is 0 Å². The summed E-state index contributed by atoms with van der Waals surface area (Å²) in [5, 5.41) is 3.09. The number of hydrogen-bond donors (Lipinski definition) is 2. The van der Waals surface area contributed by atoms with Gasteiger partial charge in [-0.25, -0.2) is 17.9 Å². The van der Waals surface area contributed by atoms with Gasteiger partial charge in [0.15, 0.2) is 0 Å². The van der Waals surface area contributed by atoms with Gasteiger partial charge in [-0.3, -0.25) is 0 Å². The van der Waals surface area contributed by atoms with Crippen molar-refractivity contribution in [3.8, 4) is 0 Å². The number of amides is 1. The molecule has 1 amide bonds. The number of nitrogens with one attached hydrogen (secondary N) is 2. The molecule has 0 saturated carbocycles. The fourth-order valence-electron chi connectivity index (χ4n) is 1.60. The Kier molecular flexibility index (Phi) is 6.06. The van der Waals surface area contributed by atoms with Gasteiger partial charge in [0.2, 0.25) is 10.0 Å². The van der Waals surface area contributed by atoms with E-state index in [0.717, 1.165) is 0 Å². The lowest BCUT2D eigenvalue weighted by atomic mass is 10.1. The minimum Gasteiger partial charge on any atom is -0.444 e. The molecule has 0 spiro atoms. The van der Waals surface area contributed by atoms with Crippen LogP contribution in [-0.4, -0.2) is 32.2 Å². The molecule has 0 aliphatic rings.